The number of aromatic amines is 1. The summed E-state index contributed by atoms with van der Waals surface area (Å²) in [4.78, 5) is 14.9. The van der Waals surface area contributed by atoms with E-state index < -0.39 is 0 Å². The quantitative estimate of drug-likeness (QED) is 0.785. The summed E-state index contributed by atoms with van der Waals surface area (Å²) in [7, 11) is 0. The van der Waals surface area contributed by atoms with E-state index in [0.29, 0.717) is 12.1 Å². The van der Waals surface area contributed by atoms with Crippen molar-refractivity contribution in [3.05, 3.63) is 34.7 Å². The molecule has 4 heteroatoms. The van der Waals surface area contributed by atoms with Gasteiger partial charge in [0.05, 0.1) is 11.0 Å². The Bertz CT molecular complexity index is 576. The topological polar surface area (TPSA) is 63.8 Å². The lowest BCUT2D eigenvalue weighted by atomic mass is 9.91. The molecular weight excluding hydrogens is 214 g/mol. The highest BCUT2D eigenvalue weighted by Gasteiger charge is 2.22. The van der Waals surface area contributed by atoms with Crippen molar-refractivity contribution in [3.63, 3.8) is 0 Å². The van der Waals surface area contributed by atoms with Crippen LogP contribution in [-0.4, -0.2) is 15.6 Å². The van der Waals surface area contributed by atoms with Crippen LogP contribution in [0.2, 0.25) is 0 Å². The SMILES string of the molecule is NC1CCC(n2c(=O)[nH]c3ccccc32)CC1. The average molecular weight is 231 g/mol. The number of nitrogens with two attached hydrogens (primary N) is 1. The second-order valence-corrected chi connectivity index (χ2v) is 4.89. The number of H-pyrrole nitrogens is 1. The van der Waals surface area contributed by atoms with Crippen molar-refractivity contribution in [2.45, 2.75) is 37.8 Å². The van der Waals surface area contributed by atoms with E-state index in [4.69, 9.17) is 5.73 Å². The normalized spacial score (nSPS) is 25.2. The lowest BCUT2D eigenvalue weighted by Gasteiger charge is -2.26. The van der Waals surface area contributed by atoms with Crippen LogP contribution < -0.4 is 11.4 Å². The van der Waals surface area contributed by atoms with Gasteiger partial charge in [0.25, 0.3) is 0 Å². The van der Waals surface area contributed by atoms with Crippen LogP contribution in [-0.2, 0) is 0 Å². The number of aromatic nitrogens is 2. The molecule has 17 heavy (non-hydrogen) atoms. The van der Waals surface area contributed by atoms with Crippen LogP contribution in [0, 0.1) is 0 Å². The van der Waals surface area contributed by atoms with E-state index >= 15 is 0 Å². The molecule has 1 aliphatic carbocycles. The van der Waals surface area contributed by atoms with E-state index in [9.17, 15) is 4.79 Å². The standard InChI is InChI=1S/C13H17N3O/c14-9-5-7-10(8-6-9)16-12-4-2-1-3-11(12)15-13(16)17/h1-4,9-10H,5-8,14H2,(H,15,17). The summed E-state index contributed by atoms with van der Waals surface area (Å²) in [5.41, 5.74) is 7.85. The van der Waals surface area contributed by atoms with E-state index in [2.05, 4.69) is 4.98 Å². The van der Waals surface area contributed by atoms with Gasteiger partial charge in [0.15, 0.2) is 0 Å². The Morgan fingerprint density at radius 3 is 2.65 bits per heavy atom. The van der Waals surface area contributed by atoms with Gasteiger partial charge in [-0.2, -0.15) is 0 Å². The highest BCUT2D eigenvalue weighted by molar-refractivity contribution is 5.75. The molecule has 1 heterocycles. The van der Waals surface area contributed by atoms with Gasteiger partial charge in [0, 0.05) is 12.1 Å². The minimum absolute atomic E-state index is 0.00618. The number of fused-ring (bicyclic) bond motifs is 1. The molecule has 0 unspecified atom stereocenters. The molecule has 0 saturated heterocycles. The van der Waals surface area contributed by atoms with Crippen LogP contribution in [0.1, 0.15) is 31.7 Å². The maximum Gasteiger partial charge on any atom is 0.326 e. The van der Waals surface area contributed by atoms with Gasteiger partial charge in [-0.3, -0.25) is 4.57 Å². The maximum atomic E-state index is 12.0. The Balaban J connectivity index is 2.05. The number of rotatable bonds is 1. The highest BCUT2D eigenvalue weighted by atomic mass is 16.1. The molecule has 0 amide bonds. The maximum absolute atomic E-state index is 12.0. The molecule has 90 valence electrons. The molecule has 0 bridgehead atoms. The zero-order valence-electron chi connectivity index (χ0n) is 9.73. The molecule has 0 spiro atoms. The third kappa shape index (κ3) is 1.78. The van der Waals surface area contributed by atoms with Gasteiger partial charge in [-0.25, -0.2) is 4.79 Å². The number of hydrogen-bond donors (Lipinski definition) is 2. The summed E-state index contributed by atoms with van der Waals surface area (Å²) in [6.07, 6.45) is 4.03. The Hall–Kier alpha value is -1.55. The third-order valence-corrected chi connectivity index (χ3v) is 3.73. The Morgan fingerprint density at radius 2 is 1.88 bits per heavy atom. The molecule has 0 atom stereocenters. The van der Waals surface area contributed by atoms with Crippen LogP contribution in [0.15, 0.2) is 29.1 Å². The second kappa shape index (κ2) is 4.04. The van der Waals surface area contributed by atoms with Crippen molar-refractivity contribution in [2.75, 3.05) is 0 Å². The number of nitrogens with one attached hydrogen (secondary N) is 1. The van der Waals surface area contributed by atoms with Crippen molar-refractivity contribution < 1.29 is 0 Å². The van der Waals surface area contributed by atoms with Gasteiger partial charge in [-0.05, 0) is 37.8 Å². The Labute approximate surface area is 99.4 Å². The van der Waals surface area contributed by atoms with E-state index in [1.165, 1.54) is 0 Å². The first kappa shape index (κ1) is 10.6. The first-order valence-corrected chi connectivity index (χ1v) is 6.20. The molecular formula is C13H17N3O. The summed E-state index contributed by atoms with van der Waals surface area (Å²) < 4.78 is 1.90. The molecule has 3 rings (SSSR count). The van der Waals surface area contributed by atoms with Gasteiger partial charge in [0.1, 0.15) is 0 Å². The molecule has 0 radical (unpaired) electrons. The van der Waals surface area contributed by atoms with E-state index in [1.807, 2.05) is 28.8 Å². The molecule has 3 N–H and O–H groups in total. The molecule has 0 aliphatic heterocycles. The smallest absolute Gasteiger partial charge is 0.326 e. The van der Waals surface area contributed by atoms with E-state index in [0.717, 1.165) is 36.7 Å². The number of para-hydroxylation sites is 2. The third-order valence-electron chi connectivity index (χ3n) is 3.73. The first-order valence-electron chi connectivity index (χ1n) is 6.20. The predicted molar refractivity (Wildman–Crippen MR) is 68.0 cm³/mol. The highest BCUT2D eigenvalue weighted by Crippen LogP contribution is 2.28. The lowest BCUT2D eigenvalue weighted by Crippen LogP contribution is -2.31. The van der Waals surface area contributed by atoms with Crippen LogP contribution in [0.25, 0.3) is 11.0 Å². The molecule has 1 fully saturated rings. The molecule has 4 nitrogen and oxygen atoms in total. The molecule has 1 aromatic heterocycles. The van der Waals surface area contributed by atoms with Gasteiger partial charge < -0.3 is 10.7 Å². The summed E-state index contributed by atoms with van der Waals surface area (Å²) in [5.74, 6) is 0. The van der Waals surface area contributed by atoms with E-state index in [-0.39, 0.29) is 5.69 Å². The van der Waals surface area contributed by atoms with Crippen LogP contribution in [0.5, 0.6) is 0 Å². The first-order chi connectivity index (χ1) is 8.25. The van der Waals surface area contributed by atoms with Crippen molar-refractivity contribution in [3.8, 4) is 0 Å². The lowest BCUT2D eigenvalue weighted by molar-refractivity contribution is 0.324. The van der Waals surface area contributed by atoms with Crippen LogP contribution in [0.4, 0.5) is 0 Å². The van der Waals surface area contributed by atoms with Gasteiger partial charge in [0.2, 0.25) is 0 Å². The summed E-state index contributed by atoms with van der Waals surface area (Å²) in [5, 5.41) is 0. The van der Waals surface area contributed by atoms with Crippen molar-refractivity contribution in [1.29, 1.82) is 0 Å². The fraction of sp³-hybridized carbons (Fsp3) is 0.462. The second-order valence-electron chi connectivity index (χ2n) is 4.89. The van der Waals surface area contributed by atoms with Crippen LogP contribution in [0.3, 0.4) is 0 Å². The number of hydrogen-bond acceptors (Lipinski definition) is 2. The van der Waals surface area contributed by atoms with E-state index in [1.54, 1.807) is 0 Å². The zero-order valence-corrected chi connectivity index (χ0v) is 9.73. The number of benzene rings is 1. The minimum atomic E-state index is 0.00618. The zero-order chi connectivity index (χ0) is 11.8. The molecule has 2 aromatic rings. The Morgan fingerprint density at radius 1 is 1.18 bits per heavy atom. The molecule has 1 aromatic carbocycles. The van der Waals surface area contributed by atoms with Gasteiger partial charge in [-0.15, -0.1) is 0 Å². The largest absolute Gasteiger partial charge is 0.328 e. The summed E-state index contributed by atoms with van der Waals surface area (Å²) in [6.45, 7) is 0. The average Bonchev–Trinajstić information content (AvgIpc) is 2.66. The molecule has 1 aliphatic rings. The number of nitrogens with zero attached hydrogens (tertiary/aromatic N) is 1. The fourth-order valence-corrected chi connectivity index (χ4v) is 2.80. The monoisotopic (exact) mass is 231 g/mol. The Kier molecular flexibility index (Phi) is 2.52. The fourth-order valence-electron chi connectivity index (χ4n) is 2.80. The van der Waals surface area contributed by atoms with Crippen molar-refractivity contribution in [2.24, 2.45) is 5.73 Å². The summed E-state index contributed by atoms with van der Waals surface area (Å²) in [6, 6.07) is 8.48. The van der Waals surface area contributed by atoms with Gasteiger partial charge >= 0.3 is 5.69 Å². The summed E-state index contributed by atoms with van der Waals surface area (Å²) >= 11 is 0. The van der Waals surface area contributed by atoms with Gasteiger partial charge in [-0.1, -0.05) is 12.1 Å². The minimum Gasteiger partial charge on any atom is -0.328 e. The predicted octanol–water partition coefficient (Wildman–Crippen LogP) is 1.77. The number of imidazole rings is 1. The van der Waals surface area contributed by atoms with Crippen LogP contribution >= 0.6 is 0 Å². The molecule has 1 saturated carbocycles. The van der Waals surface area contributed by atoms with Crippen molar-refractivity contribution in [1.82, 2.24) is 9.55 Å². The van der Waals surface area contributed by atoms with Crippen molar-refractivity contribution >= 4 is 11.0 Å².